The van der Waals surface area contributed by atoms with Crippen LogP contribution in [0.15, 0.2) is 22.7 Å². The minimum absolute atomic E-state index is 0.352. The molecule has 1 heterocycles. The first-order chi connectivity index (χ1) is 9.13. The van der Waals surface area contributed by atoms with E-state index in [0.717, 1.165) is 30.5 Å². The van der Waals surface area contributed by atoms with Gasteiger partial charge in [-0.1, -0.05) is 22.0 Å². The highest BCUT2D eigenvalue weighted by Crippen LogP contribution is 2.31. The summed E-state index contributed by atoms with van der Waals surface area (Å²) in [5.74, 6) is 0. The average molecular weight is 327 g/mol. The molecule has 0 radical (unpaired) electrons. The molecule has 0 aromatic heterocycles. The van der Waals surface area contributed by atoms with Crippen LogP contribution in [0.3, 0.4) is 0 Å². The molecule has 0 bridgehead atoms. The van der Waals surface area contributed by atoms with Gasteiger partial charge >= 0.3 is 0 Å². The van der Waals surface area contributed by atoms with Gasteiger partial charge in [0.1, 0.15) is 0 Å². The molecule has 0 spiro atoms. The lowest BCUT2D eigenvalue weighted by Gasteiger charge is -2.35. The lowest BCUT2D eigenvalue weighted by atomic mass is 10.0. The predicted molar refractivity (Wildman–Crippen MR) is 83.9 cm³/mol. The van der Waals surface area contributed by atoms with Crippen LogP contribution >= 0.6 is 15.9 Å². The molecule has 0 aliphatic carbocycles. The van der Waals surface area contributed by atoms with Gasteiger partial charge in [0.05, 0.1) is 0 Å². The van der Waals surface area contributed by atoms with Crippen LogP contribution in [0.5, 0.6) is 0 Å². The molecular weight excluding hydrogens is 304 g/mol. The molecule has 19 heavy (non-hydrogen) atoms. The van der Waals surface area contributed by atoms with E-state index in [4.69, 9.17) is 4.74 Å². The van der Waals surface area contributed by atoms with Crippen molar-refractivity contribution in [2.45, 2.75) is 31.8 Å². The predicted octanol–water partition coefficient (Wildman–Crippen LogP) is 3.34. The second-order valence-electron chi connectivity index (χ2n) is 5.17. The van der Waals surface area contributed by atoms with E-state index in [2.05, 4.69) is 58.3 Å². The number of hydrogen-bond acceptors (Lipinski definition) is 3. The molecule has 1 fully saturated rings. The van der Waals surface area contributed by atoms with Crippen LogP contribution in [0.4, 0.5) is 5.69 Å². The Morgan fingerprint density at radius 2 is 2.05 bits per heavy atom. The van der Waals surface area contributed by atoms with Gasteiger partial charge in [-0.2, -0.15) is 0 Å². The number of hydrogen-bond donors (Lipinski definition) is 1. The molecule has 1 aliphatic heterocycles. The van der Waals surface area contributed by atoms with E-state index in [9.17, 15) is 0 Å². The molecule has 1 atom stereocenters. The topological polar surface area (TPSA) is 24.5 Å². The molecule has 106 valence electrons. The number of nitrogens with zero attached hydrogens (tertiary/aromatic N) is 1. The van der Waals surface area contributed by atoms with Crippen molar-refractivity contribution in [1.82, 2.24) is 5.32 Å². The standard InChI is InChI=1S/C15H23BrN2O/c1-11(17-2)14-5-4-12(16)10-15(14)18(3)13-6-8-19-9-7-13/h4-5,10-11,13,17H,6-9H2,1-3H3. The number of nitrogens with one attached hydrogen (secondary N) is 1. The largest absolute Gasteiger partial charge is 0.381 e. The highest BCUT2D eigenvalue weighted by atomic mass is 79.9. The van der Waals surface area contributed by atoms with Gasteiger partial charge in [-0.15, -0.1) is 0 Å². The minimum atomic E-state index is 0.352. The van der Waals surface area contributed by atoms with Crippen molar-refractivity contribution >= 4 is 21.6 Å². The molecule has 1 aromatic rings. The highest BCUT2D eigenvalue weighted by molar-refractivity contribution is 9.10. The van der Waals surface area contributed by atoms with E-state index >= 15 is 0 Å². The maximum absolute atomic E-state index is 5.46. The minimum Gasteiger partial charge on any atom is -0.381 e. The fourth-order valence-corrected chi connectivity index (χ4v) is 2.96. The third-order valence-corrected chi connectivity index (χ3v) is 4.50. The molecule has 4 heteroatoms. The summed E-state index contributed by atoms with van der Waals surface area (Å²) >= 11 is 3.59. The normalized spacial score (nSPS) is 18.3. The van der Waals surface area contributed by atoms with Crippen molar-refractivity contribution in [1.29, 1.82) is 0 Å². The van der Waals surface area contributed by atoms with Gasteiger partial charge in [-0.05, 0) is 44.5 Å². The first kappa shape index (κ1) is 14.8. The zero-order valence-electron chi connectivity index (χ0n) is 11.9. The molecule has 1 aliphatic rings. The SMILES string of the molecule is CNC(C)c1ccc(Br)cc1N(C)C1CCOCC1. The van der Waals surface area contributed by atoms with Crippen LogP contribution in [0.25, 0.3) is 0 Å². The second kappa shape index (κ2) is 6.73. The van der Waals surface area contributed by atoms with Crippen LogP contribution < -0.4 is 10.2 Å². The highest BCUT2D eigenvalue weighted by Gasteiger charge is 2.22. The summed E-state index contributed by atoms with van der Waals surface area (Å²) in [6, 6.07) is 7.47. The maximum atomic E-state index is 5.46. The van der Waals surface area contributed by atoms with Crippen molar-refractivity contribution in [2.75, 3.05) is 32.2 Å². The van der Waals surface area contributed by atoms with Gasteiger partial charge in [0.2, 0.25) is 0 Å². The van der Waals surface area contributed by atoms with Crippen LogP contribution in [0, 0.1) is 0 Å². The summed E-state index contributed by atoms with van der Waals surface area (Å²) in [7, 11) is 4.20. The molecule has 0 saturated carbocycles. The van der Waals surface area contributed by atoms with Gasteiger partial charge in [-0.25, -0.2) is 0 Å². The van der Waals surface area contributed by atoms with Crippen molar-refractivity contribution in [2.24, 2.45) is 0 Å². The van der Waals surface area contributed by atoms with Crippen LogP contribution in [0.1, 0.15) is 31.4 Å². The molecule has 1 aromatic carbocycles. The Labute approximate surface area is 124 Å². The third-order valence-electron chi connectivity index (χ3n) is 4.01. The Morgan fingerprint density at radius 3 is 2.68 bits per heavy atom. The first-order valence-electron chi connectivity index (χ1n) is 6.90. The number of anilines is 1. The maximum Gasteiger partial charge on any atom is 0.0485 e. The Kier molecular flexibility index (Phi) is 5.25. The lowest BCUT2D eigenvalue weighted by molar-refractivity contribution is 0.0854. The van der Waals surface area contributed by atoms with E-state index in [1.54, 1.807) is 0 Å². The van der Waals surface area contributed by atoms with E-state index < -0.39 is 0 Å². The fourth-order valence-electron chi connectivity index (χ4n) is 2.61. The van der Waals surface area contributed by atoms with E-state index in [0.29, 0.717) is 12.1 Å². The van der Waals surface area contributed by atoms with Gasteiger partial charge in [0.15, 0.2) is 0 Å². The Bertz CT molecular complexity index is 419. The Hall–Kier alpha value is -0.580. The molecule has 2 rings (SSSR count). The van der Waals surface area contributed by atoms with Gasteiger partial charge in [0, 0.05) is 42.5 Å². The van der Waals surface area contributed by atoms with Gasteiger partial charge < -0.3 is 15.0 Å². The molecule has 3 nitrogen and oxygen atoms in total. The summed E-state index contributed by atoms with van der Waals surface area (Å²) in [4.78, 5) is 2.41. The van der Waals surface area contributed by atoms with Crippen molar-refractivity contribution in [3.05, 3.63) is 28.2 Å². The molecule has 0 amide bonds. The van der Waals surface area contributed by atoms with E-state index in [-0.39, 0.29) is 0 Å². The Morgan fingerprint density at radius 1 is 1.37 bits per heavy atom. The second-order valence-corrected chi connectivity index (χ2v) is 6.08. The number of rotatable bonds is 4. The monoisotopic (exact) mass is 326 g/mol. The van der Waals surface area contributed by atoms with E-state index in [1.165, 1.54) is 11.3 Å². The molecule has 1 N–H and O–H groups in total. The third kappa shape index (κ3) is 3.50. The summed E-state index contributed by atoms with van der Waals surface area (Å²) in [5, 5.41) is 3.33. The van der Waals surface area contributed by atoms with Crippen molar-refractivity contribution in [3.8, 4) is 0 Å². The van der Waals surface area contributed by atoms with E-state index in [1.807, 2.05) is 7.05 Å². The summed E-state index contributed by atoms with van der Waals surface area (Å²) in [5.41, 5.74) is 2.66. The fraction of sp³-hybridized carbons (Fsp3) is 0.600. The van der Waals surface area contributed by atoms with Crippen LogP contribution in [-0.2, 0) is 4.74 Å². The van der Waals surface area contributed by atoms with Crippen molar-refractivity contribution < 1.29 is 4.74 Å². The molecule has 1 saturated heterocycles. The lowest BCUT2D eigenvalue weighted by Crippen LogP contribution is -2.37. The first-order valence-corrected chi connectivity index (χ1v) is 7.70. The summed E-state index contributed by atoms with van der Waals surface area (Å²) in [6.45, 7) is 3.95. The molecule has 1 unspecified atom stereocenters. The van der Waals surface area contributed by atoms with Gasteiger partial charge in [-0.3, -0.25) is 0 Å². The van der Waals surface area contributed by atoms with Crippen LogP contribution in [-0.4, -0.2) is 33.4 Å². The quantitative estimate of drug-likeness (QED) is 0.918. The zero-order chi connectivity index (χ0) is 13.8. The van der Waals surface area contributed by atoms with Gasteiger partial charge in [0.25, 0.3) is 0 Å². The summed E-state index contributed by atoms with van der Waals surface area (Å²) in [6.07, 6.45) is 2.22. The van der Waals surface area contributed by atoms with Crippen LogP contribution in [0.2, 0.25) is 0 Å². The number of halogens is 1. The zero-order valence-corrected chi connectivity index (χ0v) is 13.5. The Balaban J connectivity index is 2.27. The number of ether oxygens (including phenoxy) is 1. The smallest absolute Gasteiger partial charge is 0.0485 e. The van der Waals surface area contributed by atoms with Crippen molar-refractivity contribution in [3.63, 3.8) is 0 Å². The molecular formula is C15H23BrN2O. The number of benzene rings is 1. The average Bonchev–Trinajstić information content (AvgIpc) is 2.46. The summed E-state index contributed by atoms with van der Waals surface area (Å²) < 4.78 is 6.59.